The summed E-state index contributed by atoms with van der Waals surface area (Å²) in [5.74, 6) is 2.31. The Balaban J connectivity index is 1.42. The van der Waals surface area contributed by atoms with E-state index in [0.29, 0.717) is 29.7 Å². The molecule has 0 aromatic carbocycles. The molecule has 174 valence electrons. The van der Waals surface area contributed by atoms with Crippen LogP contribution in [0.4, 0.5) is 0 Å². The van der Waals surface area contributed by atoms with Crippen LogP contribution in [-0.4, -0.2) is 32.1 Å². The van der Waals surface area contributed by atoms with Crippen LogP contribution in [0.5, 0.6) is 0 Å². The maximum atomic E-state index is 12.4. The second kappa shape index (κ2) is 9.68. The molecule has 1 aliphatic carbocycles. The number of amides is 1. The van der Waals surface area contributed by atoms with Gasteiger partial charge in [0.05, 0.1) is 17.0 Å². The monoisotopic (exact) mass is 449 g/mol. The molecule has 8 heteroatoms. The van der Waals surface area contributed by atoms with E-state index in [9.17, 15) is 9.59 Å². The Morgan fingerprint density at radius 3 is 2.64 bits per heavy atom. The molecule has 0 unspecified atom stereocenters. The van der Waals surface area contributed by atoms with Gasteiger partial charge in [-0.25, -0.2) is 9.97 Å². The van der Waals surface area contributed by atoms with Crippen molar-refractivity contribution in [3.05, 3.63) is 63.7 Å². The highest BCUT2D eigenvalue weighted by Gasteiger charge is 2.28. The average molecular weight is 450 g/mol. The first-order chi connectivity index (χ1) is 15.8. The quantitative estimate of drug-likeness (QED) is 0.611. The molecule has 3 heterocycles. The minimum Gasteiger partial charge on any atom is -0.356 e. The van der Waals surface area contributed by atoms with Crippen LogP contribution in [0, 0.1) is 12.8 Å². The molecule has 1 N–H and O–H groups in total. The van der Waals surface area contributed by atoms with Gasteiger partial charge in [0.2, 0.25) is 0 Å². The van der Waals surface area contributed by atoms with Crippen LogP contribution in [-0.2, 0) is 7.05 Å². The van der Waals surface area contributed by atoms with Gasteiger partial charge in [0.25, 0.3) is 11.5 Å². The van der Waals surface area contributed by atoms with E-state index < -0.39 is 0 Å². The molecule has 1 saturated carbocycles. The van der Waals surface area contributed by atoms with E-state index in [0.717, 1.165) is 48.5 Å². The summed E-state index contributed by atoms with van der Waals surface area (Å²) in [5.41, 5.74) is 3.00. The van der Waals surface area contributed by atoms with Crippen LogP contribution in [0.15, 0.2) is 39.9 Å². The van der Waals surface area contributed by atoms with Crippen molar-refractivity contribution in [2.75, 3.05) is 6.54 Å². The zero-order valence-electron chi connectivity index (χ0n) is 19.7. The van der Waals surface area contributed by atoms with Crippen molar-refractivity contribution >= 4 is 5.91 Å². The highest BCUT2D eigenvalue weighted by Crippen LogP contribution is 2.39. The van der Waals surface area contributed by atoms with Gasteiger partial charge in [-0.2, -0.15) is 0 Å². The number of pyridine rings is 1. The van der Waals surface area contributed by atoms with E-state index >= 15 is 0 Å². The molecule has 0 atom stereocenters. The van der Waals surface area contributed by atoms with Crippen LogP contribution in [0.1, 0.15) is 78.9 Å². The first-order valence-corrected chi connectivity index (χ1v) is 11.6. The standard InChI is InChI=1S/C25H31N5O3/c1-15(2)24-26-14-20(21-11-16(3)29-33-21)23(28-24)18-7-5-17(6-8-18)13-27-25(32)19-9-10-30(4)22(31)12-19/h9-12,14-15,17-18H,5-8,13H2,1-4H3,(H,27,32). The van der Waals surface area contributed by atoms with Gasteiger partial charge < -0.3 is 14.4 Å². The third-order valence-electron chi connectivity index (χ3n) is 6.40. The van der Waals surface area contributed by atoms with E-state index in [4.69, 9.17) is 9.51 Å². The normalized spacial score (nSPS) is 18.5. The molecular weight excluding hydrogens is 418 g/mol. The van der Waals surface area contributed by atoms with Gasteiger partial charge in [-0.15, -0.1) is 0 Å². The van der Waals surface area contributed by atoms with Crippen molar-refractivity contribution in [1.82, 2.24) is 25.0 Å². The zero-order chi connectivity index (χ0) is 23.5. The Labute approximate surface area is 193 Å². The highest BCUT2D eigenvalue weighted by atomic mass is 16.5. The van der Waals surface area contributed by atoms with Gasteiger partial charge in [0.1, 0.15) is 5.82 Å². The van der Waals surface area contributed by atoms with Crippen molar-refractivity contribution in [1.29, 1.82) is 0 Å². The molecule has 1 aliphatic rings. The Bertz CT molecular complexity index is 1190. The lowest BCUT2D eigenvalue weighted by molar-refractivity contribution is 0.0942. The second-order valence-corrected chi connectivity index (χ2v) is 9.31. The molecule has 0 radical (unpaired) electrons. The summed E-state index contributed by atoms with van der Waals surface area (Å²) in [6.07, 6.45) is 7.45. The van der Waals surface area contributed by atoms with Crippen LogP contribution >= 0.6 is 0 Å². The summed E-state index contributed by atoms with van der Waals surface area (Å²) in [4.78, 5) is 33.7. The molecule has 8 nitrogen and oxygen atoms in total. The number of hydrogen-bond acceptors (Lipinski definition) is 6. The van der Waals surface area contributed by atoms with Gasteiger partial charge in [-0.1, -0.05) is 19.0 Å². The van der Waals surface area contributed by atoms with Gasteiger partial charge >= 0.3 is 0 Å². The molecule has 3 aromatic rings. The number of aryl methyl sites for hydroxylation is 2. The molecule has 0 bridgehead atoms. The second-order valence-electron chi connectivity index (χ2n) is 9.31. The van der Waals surface area contributed by atoms with Crippen LogP contribution in [0.3, 0.4) is 0 Å². The van der Waals surface area contributed by atoms with E-state index in [1.165, 1.54) is 10.6 Å². The third kappa shape index (κ3) is 5.21. The summed E-state index contributed by atoms with van der Waals surface area (Å²) >= 11 is 0. The summed E-state index contributed by atoms with van der Waals surface area (Å²) in [5, 5.41) is 7.03. The number of aromatic nitrogens is 4. The lowest BCUT2D eigenvalue weighted by Crippen LogP contribution is -2.32. The number of carbonyl (C=O) groups is 1. The molecule has 0 spiro atoms. The van der Waals surface area contributed by atoms with Crippen molar-refractivity contribution < 1.29 is 9.32 Å². The molecule has 4 rings (SSSR count). The minimum absolute atomic E-state index is 0.188. The largest absolute Gasteiger partial charge is 0.356 e. The number of carbonyl (C=O) groups excluding carboxylic acids is 1. The molecular formula is C25H31N5O3. The topological polar surface area (TPSA) is 103 Å². The zero-order valence-corrected chi connectivity index (χ0v) is 19.7. The van der Waals surface area contributed by atoms with E-state index in [-0.39, 0.29) is 17.4 Å². The highest BCUT2D eigenvalue weighted by molar-refractivity contribution is 5.93. The first kappa shape index (κ1) is 22.9. The third-order valence-corrected chi connectivity index (χ3v) is 6.40. The summed E-state index contributed by atoms with van der Waals surface area (Å²) in [7, 11) is 1.67. The maximum Gasteiger partial charge on any atom is 0.251 e. The molecule has 1 amide bonds. The maximum absolute atomic E-state index is 12.4. The van der Waals surface area contributed by atoms with E-state index in [2.05, 4.69) is 29.3 Å². The molecule has 0 aliphatic heterocycles. The Hall–Kier alpha value is -3.29. The van der Waals surface area contributed by atoms with Crippen LogP contribution < -0.4 is 10.9 Å². The van der Waals surface area contributed by atoms with Crippen LogP contribution in [0.2, 0.25) is 0 Å². The predicted octanol–water partition coefficient (Wildman–Crippen LogP) is 3.97. The van der Waals surface area contributed by atoms with Crippen molar-refractivity contribution in [3.8, 4) is 11.3 Å². The molecule has 3 aromatic heterocycles. The molecule has 0 saturated heterocycles. The van der Waals surface area contributed by atoms with Gasteiger partial charge in [0, 0.05) is 55.5 Å². The lowest BCUT2D eigenvalue weighted by Gasteiger charge is -2.29. The predicted molar refractivity (Wildman–Crippen MR) is 125 cm³/mol. The summed E-state index contributed by atoms with van der Waals surface area (Å²) in [6, 6.07) is 4.97. The molecule has 33 heavy (non-hydrogen) atoms. The van der Waals surface area contributed by atoms with Gasteiger partial charge in [-0.05, 0) is 44.6 Å². The summed E-state index contributed by atoms with van der Waals surface area (Å²) in [6.45, 7) is 6.71. The number of rotatable bonds is 6. The fourth-order valence-electron chi connectivity index (χ4n) is 4.35. The smallest absolute Gasteiger partial charge is 0.251 e. The van der Waals surface area contributed by atoms with Crippen molar-refractivity contribution in [2.24, 2.45) is 13.0 Å². The fraction of sp³-hybridized carbons (Fsp3) is 0.480. The number of nitrogens with zero attached hydrogens (tertiary/aromatic N) is 4. The van der Waals surface area contributed by atoms with E-state index in [1.807, 2.05) is 19.2 Å². The van der Waals surface area contributed by atoms with Gasteiger partial charge in [0.15, 0.2) is 5.76 Å². The Morgan fingerprint density at radius 2 is 2.00 bits per heavy atom. The van der Waals surface area contributed by atoms with Crippen LogP contribution in [0.25, 0.3) is 11.3 Å². The van der Waals surface area contributed by atoms with Crippen molar-refractivity contribution in [3.63, 3.8) is 0 Å². The summed E-state index contributed by atoms with van der Waals surface area (Å²) < 4.78 is 6.97. The fourth-order valence-corrected chi connectivity index (χ4v) is 4.35. The van der Waals surface area contributed by atoms with Gasteiger partial charge in [-0.3, -0.25) is 9.59 Å². The first-order valence-electron chi connectivity index (χ1n) is 11.6. The Morgan fingerprint density at radius 1 is 1.24 bits per heavy atom. The van der Waals surface area contributed by atoms with Crippen molar-refractivity contribution in [2.45, 2.75) is 58.3 Å². The molecule has 1 fully saturated rings. The number of nitrogens with one attached hydrogen (secondary N) is 1. The SMILES string of the molecule is Cc1cc(-c2cnc(C(C)C)nc2C2CCC(CNC(=O)c3ccn(C)c(=O)c3)CC2)on1. The average Bonchev–Trinajstić information content (AvgIpc) is 3.25. The minimum atomic E-state index is -0.199. The Kier molecular flexibility index (Phi) is 6.72. The lowest BCUT2D eigenvalue weighted by atomic mass is 9.79. The van der Waals surface area contributed by atoms with E-state index in [1.54, 1.807) is 19.3 Å². The number of hydrogen-bond donors (Lipinski definition) is 1.